The van der Waals surface area contributed by atoms with Crippen LogP contribution in [0.4, 0.5) is 0 Å². The van der Waals surface area contributed by atoms with Gasteiger partial charge in [-0.3, -0.25) is 14.7 Å². The second kappa shape index (κ2) is 7.79. The van der Waals surface area contributed by atoms with Crippen molar-refractivity contribution in [2.75, 3.05) is 40.9 Å². The third-order valence-corrected chi connectivity index (χ3v) is 2.62. The quantitative estimate of drug-likeness (QED) is 0.712. The van der Waals surface area contributed by atoms with Gasteiger partial charge in [-0.2, -0.15) is 0 Å². The molecule has 0 atom stereocenters. The minimum Gasteiger partial charge on any atom is -0.383 e. The monoisotopic (exact) mass is 251 g/mol. The summed E-state index contributed by atoms with van der Waals surface area (Å²) in [5.41, 5.74) is 1.15. The van der Waals surface area contributed by atoms with Crippen molar-refractivity contribution in [2.45, 2.75) is 6.54 Å². The van der Waals surface area contributed by atoms with E-state index in [4.69, 9.17) is 4.74 Å². The first kappa shape index (κ1) is 14.6. The van der Waals surface area contributed by atoms with Gasteiger partial charge in [-0.15, -0.1) is 0 Å². The van der Waals surface area contributed by atoms with Crippen LogP contribution in [-0.4, -0.2) is 61.6 Å². The van der Waals surface area contributed by atoms with Crippen LogP contribution in [0, 0.1) is 0 Å². The summed E-state index contributed by atoms with van der Waals surface area (Å²) in [5, 5.41) is 0. The normalized spacial score (nSPS) is 10.7. The Kier molecular flexibility index (Phi) is 6.32. The standard InChI is InChI=1S/C13H21N3O2/c1-15(2)13(17)11-16(8-9-18-3)10-12-4-6-14-7-5-12/h4-7H,8-11H2,1-3H3. The summed E-state index contributed by atoms with van der Waals surface area (Å²) in [5.74, 6) is 0.0974. The molecule has 0 saturated carbocycles. The molecule has 0 radical (unpaired) electrons. The highest BCUT2D eigenvalue weighted by atomic mass is 16.5. The zero-order valence-corrected chi connectivity index (χ0v) is 11.3. The van der Waals surface area contributed by atoms with Crippen LogP contribution in [-0.2, 0) is 16.1 Å². The summed E-state index contributed by atoms with van der Waals surface area (Å²) in [6.07, 6.45) is 3.52. The summed E-state index contributed by atoms with van der Waals surface area (Å²) in [6.45, 7) is 2.48. The molecule has 1 aromatic rings. The van der Waals surface area contributed by atoms with Crippen molar-refractivity contribution in [3.05, 3.63) is 30.1 Å². The van der Waals surface area contributed by atoms with Gasteiger partial charge >= 0.3 is 0 Å². The van der Waals surface area contributed by atoms with Crippen LogP contribution in [0.2, 0.25) is 0 Å². The Bertz CT molecular complexity index is 355. The molecule has 0 spiro atoms. The Morgan fingerprint density at radius 1 is 1.33 bits per heavy atom. The van der Waals surface area contributed by atoms with Gasteiger partial charge in [0.2, 0.25) is 5.91 Å². The van der Waals surface area contributed by atoms with E-state index < -0.39 is 0 Å². The molecular formula is C13H21N3O2. The lowest BCUT2D eigenvalue weighted by Gasteiger charge is -2.23. The van der Waals surface area contributed by atoms with E-state index in [1.54, 1.807) is 38.5 Å². The van der Waals surface area contributed by atoms with Gasteiger partial charge in [0.1, 0.15) is 0 Å². The van der Waals surface area contributed by atoms with Gasteiger partial charge < -0.3 is 9.64 Å². The molecule has 0 fully saturated rings. The lowest BCUT2D eigenvalue weighted by atomic mass is 10.2. The number of carbonyl (C=O) groups is 1. The Morgan fingerprint density at radius 2 is 2.00 bits per heavy atom. The number of rotatable bonds is 7. The smallest absolute Gasteiger partial charge is 0.236 e. The van der Waals surface area contributed by atoms with Crippen LogP contribution < -0.4 is 0 Å². The topological polar surface area (TPSA) is 45.7 Å². The summed E-state index contributed by atoms with van der Waals surface area (Å²) < 4.78 is 5.07. The Balaban J connectivity index is 2.57. The Hall–Kier alpha value is -1.46. The van der Waals surface area contributed by atoms with E-state index in [1.165, 1.54) is 0 Å². The SMILES string of the molecule is COCCN(CC(=O)N(C)C)Cc1ccncc1. The molecule has 0 aromatic carbocycles. The molecule has 1 rings (SSSR count). The second-order valence-electron chi connectivity index (χ2n) is 4.35. The Labute approximate surface area is 108 Å². The van der Waals surface area contributed by atoms with E-state index in [9.17, 15) is 4.79 Å². The fraction of sp³-hybridized carbons (Fsp3) is 0.538. The highest BCUT2D eigenvalue weighted by Gasteiger charge is 2.12. The lowest BCUT2D eigenvalue weighted by molar-refractivity contribution is -0.130. The van der Waals surface area contributed by atoms with Gasteiger partial charge in [0.25, 0.3) is 0 Å². The van der Waals surface area contributed by atoms with E-state index in [1.807, 2.05) is 12.1 Å². The number of ether oxygens (including phenoxy) is 1. The van der Waals surface area contributed by atoms with Crippen LogP contribution in [0.25, 0.3) is 0 Å². The molecule has 5 nitrogen and oxygen atoms in total. The van der Waals surface area contributed by atoms with E-state index in [0.29, 0.717) is 13.2 Å². The van der Waals surface area contributed by atoms with Crippen molar-refractivity contribution in [2.24, 2.45) is 0 Å². The lowest BCUT2D eigenvalue weighted by Crippen LogP contribution is -2.37. The zero-order chi connectivity index (χ0) is 13.4. The average molecular weight is 251 g/mol. The maximum absolute atomic E-state index is 11.7. The van der Waals surface area contributed by atoms with Crippen LogP contribution in [0.3, 0.4) is 0 Å². The van der Waals surface area contributed by atoms with Gasteiger partial charge in [-0.1, -0.05) is 0 Å². The number of hydrogen-bond donors (Lipinski definition) is 0. The number of carbonyl (C=O) groups excluding carboxylic acids is 1. The predicted molar refractivity (Wildman–Crippen MR) is 70.1 cm³/mol. The Morgan fingerprint density at radius 3 is 2.56 bits per heavy atom. The van der Waals surface area contributed by atoms with Crippen molar-refractivity contribution in [1.29, 1.82) is 0 Å². The summed E-state index contributed by atoms with van der Waals surface area (Å²) in [7, 11) is 5.20. The van der Waals surface area contributed by atoms with Gasteiger partial charge in [0.05, 0.1) is 13.2 Å². The molecule has 0 bridgehead atoms. The van der Waals surface area contributed by atoms with Gasteiger partial charge in [-0.05, 0) is 17.7 Å². The first-order chi connectivity index (χ1) is 8.63. The fourth-order valence-corrected chi connectivity index (χ4v) is 1.51. The van der Waals surface area contributed by atoms with Gasteiger partial charge in [-0.25, -0.2) is 0 Å². The number of pyridine rings is 1. The molecule has 1 aromatic heterocycles. The van der Waals surface area contributed by atoms with Crippen molar-refractivity contribution in [1.82, 2.24) is 14.8 Å². The summed E-state index contributed by atoms with van der Waals surface area (Å²) >= 11 is 0. The largest absolute Gasteiger partial charge is 0.383 e. The van der Waals surface area contributed by atoms with Crippen LogP contribution >= 0.6 is 0 Å². The molecule has 0 aliphatic carbocycles. The molecule has 0 unspecified atom stereocenters. The van der Waals surface area contributed by atoms with Crippen molar-refractivity contribution in [3.63, 3.8) is 0 Å². The third kappa shape index (κ3) is 5.25. The number of aromatic nitrogens is 1. The van der Waals surface area contributed by atoms with Crippen molar-refractivity contribution >= 4 is 5.91 Å². The second-order valence-corrected chi connectivity index (χ2v) is 4.35. The van der Waals surface area contributed by atoms with E-state index in [0.717, 1.165) is 18.7 Å². The molecular weight excluding hydrogens is 230 g/mol. The molecule has 0 saturated heterocycles. The molecule has 1 amide bonds. The fourth-order valence-electron chi connectivity index (χ4n) is 1.51. The minimum absolute atomic E-state index is 0.0974. The maximum Gasteiger partial charge on any atom is 0.236 e. The zero-order valence-electron chi connectivity index (χ0n) is 11.3. The third-order valence-electron chi connectivity index (χ3n) is 2.62. The van der Waals surface area contributed by atoms with E-state index in [2.05, 4.69) is 9.88 Å². The molecule has 1 heterocycles. The number of methoxy groups -OCH3 is 1. The minimum atomic E-state index is 0.0974. The average Bonchev–Trinajstić information content (AvgIpc) is 2.37. The number of amides is 1. The van der Waals surface area contributed by atoms with Crippen LogP contribution in [0.15, 0.2) is 24.5 Å². The van der Waals surface area contributed by atoms with Gasteiger partial charge in [0, 0.05) is 46.7 Å². The number of nitrogens with zero attached hydrogens (tertiary/aromatic N) is 3. The first-order valence-corrected chi connectivity index (χ1v) is 5.94. The van der Waals surface area contributed by atoms with Crippen molar-refractivity contribution in [3.8, 4) is 0 Å². The van der Waals surface area contributed by atoms with Gasteiger partial charge in [0.15, 0.2) is 0 Å². The molecule has 0 aliphatic heterocycles. The molecule has 100 valence electrons. The predicted octanol–water partition coefficient (Wildman–Crippen LogP) is 0.618. The highest BCUT2D eigenvalue weighted by molar-refractivity contribution is 5.77. The van der Waals surface area contributed by atoms with E-state index in [-0.39, 0.29) is 5.91 Å². The van der Waals surface area contributed by atoms with E-state index >= 15 is 0 Å². The van der Waals surface area contributed by atoms with Crippen LogP contribution in [0.5, 0.6) is 0 Å². The van der Waals surface area contributed by atoms with Crippen molar-refractivity contribution < 1.29 is 9.53 Å². The number of hydrogen-bond acceptors (Lipinski definition) is 4. The maximum atomic E-state index is 11.7. The summed E-state index contributed by atoms with van der Waals surface area (Å²) in [6, 6.07) is 3.92. The van der Waals surface area contributed by atoms with Crippen LogP contribution in [0.1, 0.15) is 5.56 Å². The molecule has 5 heteroatoms. The summed E-state index contributed by atoms with van der Waals surface area (Å²) in [4.78, 5) is 19.4. The molecule has 0 aliphatic rings. The first-order valence-electron chi connectivity index (χ1n) is 5.94. The molecule has 18 heavy (non-hydrogen) atoms. The number of likely N-dealkylation sites (N-methyl/N-ethyl adjacent to an activating group) is 1. The highest BCUT2D eigenvalue weighted by Crippen LogP contribution is 2.03. The molecule has 0 N–H and O–H groups in total.